The van der Waals surface area contributed by atoms with Crippen molar-refractivity contribution in [1.29, 1.82) is 0 Å². The van der Waals surface area contributed by atoms with Gasteiger partial charge in [0.1, 0.15) is 12.0 Å². The molecule has 1 aromatic heterocycles. The van der Waals surface area contributed by atoms with Gasteiger partial charge in [-0.05, 0) is 43.3 Å². The molecule has 0 bridgehead atoms. The number of carbonyl (C=O) groups excluding carboxylic acids is 1. The Morgan fingerprint density at radius 1 is 0.969 bits per heavy atom. The van der Waals surface area contributed by atoms with Crippen LogP contribution in [-0.4, -0.2) is 36.1 Å². The second-order valence-corrected chi connectivity index (χ2v) is 8.70. The van der Waals surface area contributed by atoms with Crippen molar-refractivity contribution in [3.05, 3.63) is 89.1 Å². The molecule has 0 amide bonds. The molecule has 0 aliphatic carbocycles. The van der Waals surface area contributed by atoms with E-state index in [1.54, 1.807) is 0 Å². The van der Waals surface area contributed by atoms with Crippen molar-refractivity contribution in [2.45, 2.75) is 12.5 Å². The molecule has 1 atom stereocenters. The van der Waals surface area contributed by atoms with Gasteiger partial charge in [0.05, 0.1) is 11.2 Å². The van der Waals surface area contributed by atoms with E-state index in [4.69, 9.17) is 16.7 Å². The number of carbonyl (C=O) groups is 1. The smallest absolute Gasteiger partial charge is 0.150 e. The highest BCUT2D eigenvalue weighted by Crippen LogP contribution is 2.38. The average molecular weight is 443 g/mol. The van der Waals surface area contributed by atoms with Gasteiger partial charge in [-0.3, -0.25) is 4.79 Å². The molecule has 32 heavy (non-hydrogen) atoms. The lowest BCUT2D eigenvalue weighted by molar-refractivity contribution is 0.112. The summed E-state index contributed by atoms with van der Waals surface area (Å²) in [6, 6.07) is 23.7. The molecule has 4 aromatic rings. The molecule has 1 aliphatic rings. The maximum absolute atomic E-state index is 11.1. The highest BCUT2D eigenvalue weighted by atomic mass is 35.5. The average Bonchev–Trinajstić information content (AvgIpc) is 2.84. The molecule has 3 aromatic carbocycles. The van der Waals surface area contributed by atoms with Crippen molar-refractivity contribution in [1.82, 2.24) is 15.5 Å². The van der Waals surface area contributed by atoms with Crippen LogP contribution in [0.3, 0.4) is 0 Å². The van der Waals surface area contributed by atoms with E-state index in [-0.39, 0.29) is 0 Å². The van der Waals surface area contributed by atoms with E-state index in [2.05, 4.69) is 34.4 Å². The predicted octanol–water partition coefficient (Wildman–Crippen LogP) is 5.09. The first-order valence-electron chi connectivity index (χ1n) is 10.7. The fourth-order valence-electron chi connectivity index (χ4n) is 4.55. The van der Waals surface area contributed by atoms with Crippen LogP contribution in [0.1, 0.15) is 23.0 Å². The van der Waals surface area contributed by atoms with E-state index in [1.165, 1.54) is 0 Å². The molecule has 0 radical (unpaired) electrons. The molecule has 1 fully saturated rings. The Bertz CT molecular complexity index is 1270. The number of nitrogens with zero attached hydrogens (tertiary/aromatic N) is 3. The lowest BCUT2D eigenvalue weighted by Gasteiger charge is -2.46. The van der Waals surface area contributed by atoms with Crippen LogP contribution < -0.4 is 10.2 Å². The van der Waals surface area contributed by atoms with Crippen LogP contribution in [0.25, 0.3) is 22.0 Å². The summed E-state index contributed by atoms with van der Waals surface area (Å²) in [4.78, 5) is 13.5. The van der Waals surface area contributed by atoms with Crippen LogP contribution in [0, 0.1) is 0 Å². The molecule has 1 saturated heterocycles. The SMILES string of the molecule is CC1(c2nnc(-c3ccc(Cl)cc3)c3ccccc23)CNCCN1c1ccc(C=O)cc1. The van der Waals surface area contributed by atoms with Crippen LogP contribution in [0.2, 0.25) is 5.02 Å². The van der Waals surface area contributed by atoms with Gasteiger partial charge in [-0.1, -0.05) is 48.0 Å². The van der Waals surface area contributed by atoms with Gasteiger partial charge in [0.15, 0.2) is 0 Å². The Kier molecular flexibility index (Phi) is 5.37. The van der Waals surface area contributed by atoms with E-state index in [0.29, 0.717) is 10.6 Å². The van der Waals surface area contributed by atoms with Gasteiger partial charge in [0.2, 0.25) is 0 Å². The predicted molar refractivity (Wildman–Crippen MR) is 129 cm³/mol. The number of rotatable bonds is 4. The Hall–Kier alpha value is -3.28. The first-order valence-corrected chi connectivity index (χ1v) is 11.0. The van der Waals surface area contributed by atoms with Gasteiger partial charge in [-0.2, -0.15) is 5.10 Å². The molecular formula is C26H23ClN4O. The van der Waals surface area contributed by atoms with Crippen molar-refractivity contribution in [3.8, 4) is 11.3 Å². The highest BCUT2D eigenvalue weighted by Gasteiger charge is 2.39. The summed E-state index contributed by atoms with van der Waals surface area (Å²) in [6.07, 6.45) is 0.870. The minimum absolute atomic E-state index is 0.411. The molecule has 160 valence electrons. The van der Waals surface area contributed by atoms with Gasteiger partial charge in [0.25, 0.3) is 0 Å². The Balaban J connectivity index is 1.66. The van der Waals surface area contributed by atoms with Crippen molar-refractivity contribution < 1.29 is 4.79 Å². The molecule has 1 N–H and O–H groups in total. The number of benzene rings is 3. The Labute approximate surface area is 192 Å². The fourth-order valence-corrected chi connectivity index (χ4v) is 4.67. The van der Waals surface area contributed by atoms with E-state index in [1.807, 2.05) is 60.7 Å². The zero-order valence-corrected chi connectivity index (χ0v) is 18.5. The number of nitrogens with one attached hydrogen (secondary N) is 1. The number of fused-ring (bicyclic) bond motifs is 1. The molecule has 5 rings (SSSR count). The largest absolute Gasteiger partial charge is 0.358 e. The summed E-state index contributed by atoms with van der Waals surface area (Å²) in [5, 5.41) is 15.8. The third-order valence-corrected chi connectivity index (χ3v) is 6.49. The molecular weight excluding hydrogens is 420 g/mol. The number of aldehydes is 1. The zero-order chi connectivity index (χ0) is 22.1. The van der Waals surface area contributed by atoms with Gasteiger partial charge >= 0.3 is 0 Å². The van der Waals surface area contributed by atoms with Crippen LogP contribution in [0.15, 0.2) is 72.8 Å². The number of aromatic nitrogens is 2. The maximum atomic E-state index is 11.1. The lowest BCUT2D eigenvalue weighted by atomic mass is 9.88. The fraction of sp³-hybridized carbons (Fsp3) is 0.192. The van der Waals surface area contributed by atoms with Crippen LogP contribution in [-0.2, 0) is 5.54 Å². The first-order chi connectivity index (χ1) is 15.6. The van der Waals surface area contributed by atoms with Gasteiger partial charge in [-0.25, -0.2) is 0 Å². The molecule has 1 unspecified atom stereocenters. The van der Waals surface area contributed by atoms with Crippen molar-refractivity contribution in [2.75, 3.05) is 24.5 Å². The molecule has 1 aliphatic heterocycles. The van der Waals surface area contributed by atoms with Crippen molar-refractivity contribution in [2.24, 2.45) is 0 Å². The normalized spacial score (nSPS) is 18.6. The van der Waals surface area contributed by atoms with Crippen molar-refractivity contribution >= 4 is 34.3 Å². The molecule has 6 heteroatoms. The van der Waals surface area contributed by atoms with E-state index >= 15 is 0 Å². The van der Waals surface area contributed by atoms with Crippen LogP contribution >= 0.6 is 11.6 Å². The number of hydrogen-bond donors (Lipinski definition) is 1. The summed E-state index contributed by atoms with van der Waals surface area (Å²) < 4.78 is 0. The number of anilines is 1. The monoisotopic (exact) mass is 442 g/mol. The lowest BCUT2D eigenvalue weighted by Crippen LogP contribution is -2.58. The molecule has 5 nitrogen and oxygen atoms in total. The minimum Gasteiger partial charge on any atom is -0.358 e. The van der Waals surface area contributed by atoms with E-state index in [9.17, 15) is 4.79 Å². The van der Waals surface area contributed by atoms with Crippen molar-refractivity contribution in [3.63, 3.8) is 0 Å². The quantitative estimate of drug-likeness (QED) is 0.446. The molecule has 2 heterocycles. The van der Waals surface area contributed by atoms with Gasteiger partial charge in [0, 0.05) is 52.2 Å². The Morgan fingerprint density at radius 3 is 2.41 bits per heavy atom. The van der Waals surface area contributed by atoms with E-state index < -0.39 is 5.54 Å². The standard InChI is InChI=1S/C26H23ClN4O/c1-26(17-28-14-15-31(26)21-12-6-18(16-32)7-13-21)25-23-5-3-2-4-22(23)24(29-30-25)19-8-10-20(27)11-9-19/h2-13,16,28H,14-15,17H2,1H3. The third-order valence-electron chi connectivity index (χ3n) is 6.23. The summed E-state index contributed by atoms with van der Waals surface area (Å²) in [7, 11) is 0. The number of piperazine rings is 1. The summed E-state index contributed by atoms with van der Waals surface area (Å²) >= 11 is 6.09. The van der Waals surface area contributed by atoms with E-state index in [0.717, 1.165) is 59.3 Å². The highest BCUT2D eigenvalue weighted by molar-refractivity contribution is 6.30. The topological polar surface area (TPSA) is 58.1 Å². The number of hydrogen-bond acceptors (Lipinski definition) is 5. The van der Waals surface area contributed by atoms with Crippen LogP contribution in [0.4, 0.5) is 5.69 Å². The van der Waals surface area contributed by atoms with Gasteiger partial charge in [-0.15, -0.1) is 5.10 Å². The summed E-state index contributed by atoms with van der Waals surface area (Å²) in [5.74, 6) is 0. The zero-order valence-electron chi connectivity index (χ0n) is 17.8. The number of halogens is 1. The third kappa shape index (κ3) is 3.53. The second kappa shape index (κ2) is 8.34. The summed E-state index contributed by atoms with van der Waals surface area (Å²) in [6.45, 7) is 4.64. The second-order valence-electron chi connectivity index (χ2n) is 8.26. The van der Waals surface area contributed by atoms with Gasteiger partial charge < -0.3 is 10.2 Å². The van der Waals surface area contributed by atoms with Crippen LogP contribution in [0.5, 0.6) is 0 Å². The molecule has 0 saturated carbocycles. The minimum atomic E-state index is -0.411. The maximum Gasteiger partial charge on any atom is 0.150 e. The first kappa shape index (κ1) is 20.6. The molecule has 0 spiro atoms. The summed E-state index contributed by atoms with van der Waals surface area (Å²) in [5.41, 5.74) is 4.08. The Morgan fingerprint density at radius 2 is 1.69 bits per heavy atom.